The van der Waals surface area contributed by atoms with Crippen LogP contribution in [0.5, 0.6) is 0 Å². The summed E-state index contributed by atoms with van der Waals surface area (Å²) in [4.78, 5) is 22.7. The van der Waals surface area contributed by atoms with E-state index in [0.717, 1.165) is 31.0 Å². The SMILES string of the molecule is CCCC[C@H](N)C(=O)Nc1cc(F)ccc1C(=O)O. The fraction of sp³-hybridized carbons (Fsp3) is 0.385. The number of carboxylic acid groups (broad SMARTS) is 1. The van der Waals surface area contributed by atoms with Gasteiger partial charge in [-0.25, -0.2) is 9.18 Å². The Morgan fingerprint density at radius 1 is 1.47 bits per heavy atom. The number of benzene rings is 1. The molecule has 0 aromatic heterocycles. The number of halogens is 1. The Morgan fingerprint density at radius 2 is 2.16 bits per heavy atom. The van der Waals surface area contributed by atoms with Gasteiger partial charge in [-0.05, 0) is 24.6 Å². The number of carbonyl (C=O) groups excluding carboxylic acids is 1. The molecular formula is C13H17FN2O3. The van der Waals surface area contributed by atoms with E-state index < -0.39 is 23.7 Å². The van der Waals surface area contributed by atoms with Gasteiger partial charge in [-0.2, -0.15) is 0 Å². The lowest BCUT2D eigenvalue weighted by molar-refractivity contribution is -0.117. The summed E-state index contributed by atoms with van der Waals surface area (Å²) in [6, 6.07) is 2.36. The van der Waals surface area contributed by atoms with Crippen molar-refractivity contribution in [3.05, 3.63) is 29.6 Å². The first-order valence-electron chi connectivity index (χ1n) is 6.05. The number of nitrogens with one attached hydrogen (secondary N) is 1. The lowest BCUT2D eigenvalue weighted by Crippen LogP contribution is -2.35. The molecule has 0 bridgehead atoms. The molecule has 0 saturated carbocycles. The number of aromatic carboxylic acids is 1. The summed E-state index contributed by atoms with van der Waals surface area (Å²) >= 11 is 0. The molecule has 0 spiro atoms. The Bertz CT molecular complexity index is 477. The molecule has 1 amide bonds. The van der Waals surface area contributed by atoms with Crippen LogP contribution >= 0.6 is 0 Å². The van der Waals surface area contributed by atoms with Crippen molar-refractivity contribution in [3.63, 3.8) is 0 Å². The minimum atomic E-state index is -1.24. The van der Waals surface area contributed by atoms with Gasteiger partial charge in [0.1, 0.15) is 5.82 Å². The van der Waals surface area contributed by atoms with E-state index in [4.69, 9.17) is 10.8 Å². The lowest BCUT2D eigenvalue weighted by atomic mass is 10.1. The van der Waals surface area contributed by atoms with Crippen LogP contribution in [-0.2, 0) is 4.79 Å². The van der Waals surface area contributed by atoms with Gasteiger partial charge in [0.15, 0.2) is 0 Å². The summed E-state index contributed by atoms with van der Waals surface area (Å²) in [5.41, 5.74) is 5.41. The number of nitrogens with two attached hydrogens (primary N) is 1. The van der Waals surface area contributed by atoms with Crippen LogP contribution in [0.4, 0.5) is 10.1 Å². The maximum atomic E-state index is 13.1. The second-order valence-electron chi connectivity index (χ2n) is 4.23. The summed E-state index contributed by atoms with van der Waals surface area (Å²) in [5.74, 6) is -2.37. The van der Waals surface area contributed by atoms with E-state index in [2.05, 4.69) is 5.32 Å². The van der Waals surface area contributed by atoms with Gasteiger partial charge >= 0.3 is 5.97 Å². The van der Waals surface area contributed by atoms with Crippen LogP contribution in [0.1, 0.15) is 36.5 Å². The van der Waals surface area contributed by atoms with Crippen molar-refractivity contribution in [1.29, 1.82) is 0 Å². The predicted molar refractivity (Wildman–Crippen MR) is 69.5 cm³/mol. The van der Waals surface area contributed by atoms with E-state index in [-0.39, 0.29) is 11.3 Å². The van der Waals surface area contributed by atoms with E-state index in [9.17, 15) is 14.0 Å². The van der Waals surface area contributed by atoms with E-state index >= 15 is 0 Å². The van der Waals surface area contributed by atoms with Gasteiger partial charge in [-0.15, -0.1) is 0 Å². The van der Waals surface area contributed by atoms with Crippen molar-refractivity contribution in [1.82, 2.24) is 0 Å². The van der Waals surface area contributed by atoms with Crippen LogP contribution in [0.15, 0.2) is 18.2 Å². The molecule has 0 heterocycles. The monoisotopic (exact) mass is 268 g/mol. The fourth-order valence-electron chi connectivity index (χ4n) is 1.59. The van der Waals surface area contributed by atoms with Crippen molar-refractivity contribution >= 4 is 17.6 Å². The Balaban J connectivity index is 2.83. The number of anilines is 1. The number of unbranched alkanes of at least 4 members (excludes halogenated alkanes) is 1. The van der Waals surface area contributed by atoms with Gasteiger partial charge < -0.3 is 16.2 Å². The van der Waals surface area contributed by atoms with Crippen molar-refractivity contribution in [2.45, 2.75) is 32.2 Å². The van der Waals surface area contributed by atoms with Gasteiger partial charge in [0.05, 0.1) is 17.3 Å². The zero-order valence-corrected chi connectivity index (χ0v) is 10.6. The number of hydrogen-bond donors (Lipinski definition) is 3. The molecule has 1 rings (SSSR count). The van der Waals surface area contributed by atoms with Gasteiger partial charge in [0.2, 0.25) is 5.91 Å². The van der Waals surface area contributed by atoms with E-state index in [1.807, 2.05) is 6.92 Å². The van der Waals surface area contributed by atoms with Gasteiger partial charge in [0, 0.05) is 0 Å². The average molecular weight is 268 g/mol. The molecule has 5 nitrogen and oxygen atoms in total. The predicted octanol–water partition coefficient (Wildman–Crippen LogP) is 1.98. The van der Waals surface area contributed by atoms with Crippen molar-refractivity contribution in [3.8, 4) is 0 Å². The lowest BCUT2D eigenvalue weighted by Gasteiger charge is -2.13. The average Bonchev–Trinajstić information content (AvgIpc) is 2.35. The van der Waals surface area contributed by atoms with Crippen LogP contribution < -0.4 is 11.1 Å². The Morgan fingerprint density at radius 3 is 2.74 bits per heavy atom. The zero-order chi connectivity index (χ0) is 14.4. The largest absolute Gasteiger partial charge is 0.478 e. The van der Waals surface area contributed by atoms with Gasteiger partial charge in [0.25, 0.3) is 0 Å². The Labute approximate surface area is 110 Å². The third kappa shape index (κ3) is 4.33. The van der Waals surface area contributed by atoms with E-state index in [0.29, 0.717) is 6.42 Å². The minimum absolute atomic E-state index is 0.0792. The van der Waals surface area contributed by atoms with Gasteiger partial charge in [-0.3, -0.25) is 4.79 Å². The van der Waals surface area contributed by atoms with Crippen LogP contribution in [-0.4, -0.2) is 23.0 Å². The smallest absolute Gasteiger partial charge is 0.337 e. The Kier molecular flexibility index (Phi) is 5.44. The molecule has 0 aliphatic rings. The van der Waals surface area contributed by atoms with Crippen molar-refractivity contribution < 1.29 is 19.1 Å². The third-order valence-corrected chi connectivity index (χ3v) is 2.68. The van der Waals surface area contributed by atoms with Crippen LogP contribution in [0.25, 0.3) is 0 Å². The maximum Gasteiger partial charge on any atom is 0.337 e. The van der Waals surface area contributed by atoms with Crippen molar-refractivity contribution in [2.75, 3.05) is 5.32 Å². The van der Waals surface area contributed by atoms with Crippen molar-refractivity contribution in [2.24, 2.45) is 5.73 Å². The molecule has 0 radical (unpaired) electrons. The molecule has 0 aliphatic heterocycles. The first-order valence-corrected chi connectivity index (χ1v) is 6.05. The quantitative estimate of drug-likeness (QED) is 0.735. The molecule has 0 aliphatic carbocycles. The topological polar surface area (TPSA) is 92.4 Å². The highest BCUT2D eigenvalue weighted by atomic mass is 19.1. The summed E-state index contributed by atoms with van der Waals surface area (Å²) in [6.45, 7) is 1.97. The summed E-state index contributed by atoms with van der Waals surface area (Å²) in [5, 5.41) is 11.3. The number of hydrogen-bond acceptors (Lipinski definition) is 3. The number of rotatable bonds is 6. The fourth-order valence-corrected chi connectivity index (χ4v) is 1.59. The molecule has 6 heteroatoms. The first kappa shape index (κ1) is 15.1. The van der Waals surface area contributed by atoms with Gasteiger partial charge in [-0.1, -0.05) is 19.8 Å². The maximum absolute atomic E-state index is 13.1. The summed E-state index contributed by atoms with van der Waals surface area (Å²) in [6.07, 6.45) is 2.20. The standard InChI is InChI=1S/C13H17FN2O3/c1-2-3-4-10(15)12(17)16-11-7-8(14)5-6-9(11)13(18)19/h5-7,10H,2-4,15H2,1H3,(H,16,17)(H,18,19)/t10-/m0/s1. The second kappa shape index (κ2) is 6.84. The molecule has 0 saturated heterocycles. The van der Waals surface area contributed by atoms with Crippen LogP contribution in [0.2, 0.25) is 0 Å². The van der Waals surface area contributed by atoms with E-state index in [1.54, 1.807) is 0 Å². The molecule has 19 heavy (non-hydrogen) atoms. The molecule has 1 aromatic rings. The normalized spacial score (nSPS) is 11.9. The molecule has 104 valence electrons. The molecule has 1 aromatic carbocycles. The molecule has 0 fully saturated rings. The minimum Gasteiger partial charge on any atom is -0.478 e. The highest BCUT2D eigenvalue weighted by Gasteiger charge is 2.17. The zero-order valence-electron chi connectivity index (χ0n) is 10.6. The molecular weight excluding hydrogens is 251 g/mol. The highest BCUT2D eigenvalue weighted by Crippen LogP contribution is 2.17. The van der Waals surface area contributed by atoms with E-state index in [1.165, 1.54) is 0 Å². The first-order chi connectivity index (χ1) is 8.95. The third-order valence-electron chi connectivity index (χ3n) is 2.68. The molecule has 0 unspecified atom stereocenters. The van der Waals surface area contributed by atoms with Crippen LogP contribution in [0.3, 0.4) is 0 Å². The number of amides is 1. The Hall–Kier alpha value is -1.95. The number of carboxylic acids is 1. The molecule has 1 atom stereocenters. The van der Waals surface area contributed by atoms with Crippen LogP contribution in [0, 0.1) is 5.82 Å². The highest BCUT2D eigenvalue weighted by molar-refractivity contribution is 6.02. The summed E-state index contributed by atoms with van der Waals surface area (Å²) < 4.78 is 13.1. The summed E-state index contributed by atoms with van der Waals surface area (Å²) in [7, 11) is 0. The number of carbonyl (C=O) groups is 2. The molecule has 4 N–H and O–H groups in total. The second-order valence-corrected chi connectivity index (χ2v) is 4.23.